The highest BCUT2D eigenvalue weighted by atomic mass is 32.1. The van der Waals surface area contributed by atoms with Gasteiger partial charge < -0.3 is 4.90 Å². The summed E-state index contributed by atoms with van der Waals surface area (Å²) in [7, 11) is 0. The Balaban J connectivity index is 1.27. The quantitative estimate of drug-likeness (QED) is 0.184. The number of thiophene rings is 1. The maximum atomic E-state index is 5.00. The van der Waals surface area contributed by atoms with Crippen LogP contribution < -0.4 is 4.90 Å². The van der Waals surface area contributed by atoms with Crippen molar-refractivity contribution in [2.75, 3.05) is 4.90 Å². The molecule has 5 aromatic carbocycles. The van der Waals surface area contributed by atoms with E-state index in [4.69, 9.17) is 4.98 Å². The van der Waals surface area contributed by atoms with Gasteiger partial charge in [-0.1, -0.05) is 93.6 Å². The first-order valence-corrected chi connectivity index (χ1v) is 16.9. The molecule has 3 heterocycles. The summed E-state index contributed by atoms with van der Waals surface area (Å²) in [5, 5.41) is 5.27. The number of rotatable bonds is 6. The van der Waals surface area contributed by atoms with Gasteiger partial charge >= 0.3 is 0 Å². The van der Waals surface area contributed by atoms with Gasteiger partial charge in [0.05, 0.1) is 16.1 Å². The van der Waals surface area contributed by atoms with Crippen LogP contribution >= 0.6 is 11.3 Å². The molecule has 3 aromatic heterocycles. The molecular weight excluding hydrogens is 591 g/mol. The summed E-state index contributed by atoms with van der Waals surface area (Å²) in [6, 6.07) is 47.6. The molecule has 0 spiro atoms. The largest absolute Gasteiger partial charge is 0.310 e. The van der Waals surface area contributed by atoms with Crippen molar-refractivity contribution in [2.24, 2.45) is 5.41 Å². The Morgan fingerprint density at radius 2 is 1.30 bits per heavy atom. The Labute approximate surface area is 279 Å². The first kappa shape index (κ1) is 29.1. The van der Waals surface area contributed by atoms with Crippen LogP contribution in [0.4, 0.5) is 17.1 Å². The fraction of sp³-hybridized carbons (Fsp3) is 0.116. The lowest BCUT2D eigenvalue weighted by atomic mass is 9.86. The van der Waals surface area contributed by atoms with Crippen LogP contribution in [0.15, 0.2) is 146 Å². The fourth-order valence-corrected chi connectivity index (χ4v) is 7.93. The molecule has 8 rings (SSSR count). The molecule has 47 heavy (non-hydrogen) atoms. The predicted octanol–water partition coefficient (Wildman–Crippen LogP) is 12.4. The average molecular weight is 626 g/mol. The first-order chi connectivity index (χ1) is 22.9. The number of fused-ring (bicyclic) bond motifs is 5. The maximum absolute atomic E-state index is 5.00. The lowest BCUT2D eigenvalue weighted by Crippen LogP contribution is -2.10. The molecule has 0 bridgehead atoms. The van der Waals surface area contributed by atoms with Crippen molar-refractivity contribution in [3.8, 4) is 22.5 Å². The minimum atomic E-state index is 0.218. The molecule has 0 fully saturated rings. The summed E-state index contributed by atoms with van der Waals surface area (Å²) in [5.74, 6) is 0. The third-order valence-electron chi connectivity index (χ3n) is 8.68. The minimum absolute atomic E-state index is 0.218. The summed E-state index contributed by atoms with van der Waals surface area (Å²) in [4.78, 5) is 11.9. The maximum Gasteiger partial charge on any atom is 0.0881 e. The van der Waals surface area contributed by atoms with Crippen molar-refractivity contribution in [2.45, 2.75) is 27.2 Å². The fourth-order valence-electron chi connectivity index (χ4n) is 6.71. The number of hydrogen-bond acceptors (Lipinski definition) is 4. The summed E-state index contributed by atoms with van der Waals surface area (Å²) >= 11 is 1.84. The van der Waals surface area contributed by atoms with Crippen LogP contribution in [0, 0.1) is 5.41 Å². The van der Waals surface area contributed by atoms with Gasteiger partial charge in [0, 0.05) is 56.1 Å². The summed E-state index contributed by atoms with van der Waals surface area (Å²) in [5.41, 5.74) is 9.00. The normalized spacial score (nSPS) is 11.8. The highest BCUT2D eigenvalue weighted by Crippen LogP contribution is 2.44. The molecule has 0 N–H and O–H groups in total. The number of pyridine rings is 2. The van der Waals surface area contributed by atoms with Crippen molar-refractivity contribution in [1.82, 2.24) is 9.97 Å². The van der Waals surface area contributed by atoms with Crippen molar-refractivity contribution in [3.05, 3.63) is 151 Å². The lowest BCUT2D eigenvalue weighted by Gasteiger charge is -2.26. The van der Waals surface area contributed by atoms with E-state index in [1.54, 1.807) is 0 Å². The Bertz CT molecular complexity index is 2370. The standard InChI is InChI=1S/C43H35N3S/c1-43(2,3)28-31-14-11-19-36-35(31)21-22-39-40(36)37-23-25-45-41(42(37)47-39)30-13-10-18-34(27-30)46(32-15-5-4-6-16-32)33-17-9-12-29(26-33)38-20-7-8-24-44-38/h4-27H,28H2,1-3H3. The van der Waals surface area contributed by atoms with Gasteiger partial charge in [-0.05, 0) is 88.8 Å². The van der Waals surface area contributed by atoms with E-state index in [0.717, 1.165) is 46.0 Å². The summed E-state index contributed by atoms with van der Waals surface area (Å²) < 4.78 is 2.51. The number of benzene rings is 5. The molecule has 3 nitrogen and oxygen atoms in total. The second kappa shape index (κ2) is 11.8. The molecule has 0 aliphatic heterocycles. The van der Waals surface area contributed by atoms with E-state index in [9.17, 15) is 0 Å². The van der Waals surface area contributed by atoms with E-state index in [-0.39, 0.29) is 5.41 Å². The Kier molecular flexibility index (Phi) is 7.31. The molecule has 228 valence electrons. The van der Waals surface area contributed by atoms with E-state index >= 15 is 0 Å². The summed E-state index contributed by atoms with van der Waals surface area (Å²) in [6.45, 7) is 6.94. The Morgan fingerprint density at radius 3 is 2.06 bits per heavy atom. The Hall–Kier alpha value is -5.32. The molecule has 0 aliphatic carbocycles. The number of hydrogen-bond donors (Lipinski definition) is 0. The van der Waals surface area contributed by atoms with Crippen LogP contribution in [-0.2, 0) is 6.42 Å². The molecule has 4 heteroatoms. The molecule has 0 saturated carbocycles. The average Bonchev–Trinajstić information content (AvgIpc) is 3.49. The molecule has 0 amide bonds. The number of para-hydroxylation sites is 1. The van der Waals surface area contributed by atoms with E-state index in [0.29, 0.717) is 0 Å². The Morgan fingerprint density at radius 1 is 0.574 bits per heavy atom. The van der Waals surface area contributed by atoms with E-state index < -0.39 is 0 Å². The van der Waals surface area contributed by atoms with Gasteiger partial charge in [0.15, 0.2) is 0 Å². The second-order valence-corrected chi connectivity index (χ2v) is 14.4. The highest BCUT2D eigenvalue weighted by Gasteiger charge is 2.19. The van der Waals surface area contributed by atoms with Crippen LogP contribution in [-0.4, -0.2) is 9.97 Å². The molecule has 0 atom stereocenters. The minimum Gasteiger partial charge on any atom is -0.310 e. The highest BCUT2D eigenvalue weighted by molar-refractivity contribution is 7.26. The van der Waals surface area contributed by atoms with Crippen molar-refractivity contribution in [1.29, 1.82) is 0 Å². The van der Waals surface area contributed by atoms with Gasteiger partial charge in [0.2, 0.25) is 0 Å². The van der Waals surface area contributed by atoms with Gasteiger partial charge in [-0.3, -0.25) is 9.97 Å². The van der Waals surface area contributed by atoms with Crippen LogP contribution in [0.5, 0.6) is 0 Å². The van der Waals surface area contributed by atoms with E-state index in [1.807, 2.05) is 35.9 Å². The van der Waals surface area contributed by atoms with Crippen molar-refractivity contribution < 1.29 is 0 Å². The predicted molar refractivity (Wildman–Crippen MR) is 201 cm³/mol. The molecule has 0 radical (unpaired) electrons. The molecule has 0 saturated heterocycles. The van der Waals surface area contributed by atoms with Gasteiger partial charge in [0.1, 0.15) is 0 Å². The van der Waals surface area contributed by atoms with Crippen molar-refractivity contribution in [3.63, 3.8) is 0 Å². The van der Waals surface area contributed by atoms with Gasteiger partial charge in [0.25, 0.3) is 0 Å². The lowest BCUT2D eigenvalue weighted by molar-refractivity contribution is 0.412. The van der Waals surface area contributed by atoms with Crippen LogP contribution in [0.25, 0.3) is 53.5 Å². The van der Waals surface area contributed by atoms with Crippen LogP contribution in [0.3, 0.4) is 0 Å². The molecular formula is C43H35N3S. The van der Waals surface area contributed by atoms with Gasteiger partial charge in [-0.25, -0.2) is 0 Å². The topological polar surface area (TPSA) is 29.0 Å². The SMILES string of the molecule is CC(C)(C)Cc1cccc2c1ccc1sc3c(-c4cccc(N(c5ccccc5)c5cccc(-c6ccccn6)c5)c4)nccc3c12. The smallest absolute Gasteiger partial charge is 0.0881 e. The summed E-state index contributed by atoms with van der Waals surface area (Å²) in [6.07, 6.45) is 4.86. The zero-order valence-corrected chi connectivity index (χ0v) is 27.6. The molecule has 0 aliphatic rings. The zero-order chi connectivity index (χ0) is 32.0. The zero-order valence-electron chi connectivity index (χ0n) is 26.8. The van der Waals surface area contributed by atoms with Crippen LogP contribution in [0.2, 0.25) is 0 Å². The number of aromatic nitrogens is 2. The number of nitrogens with zero attached hydrogens (tertiary/aromatic N) is 3. The van der Waals surface area contributed by atoms with E-state index in [2.05, 4.69) is 152 Å². The first-order valence-electron chi connectivity index (χ1n) is 16.1. The van der Waals surface area contributed by atoms with Gasteiger partial charge in [-0.2, -0.15) is 0 Å². The van der Waals surface area contributed by atoms with Crippen molar-refractivity contribution >= 4 is 59.3 Å². The van der Waals surface area contributed by atoms with E-state index in [1.165, 1.54) is 36.5 Å². The second-order valence-electron chi connectivity index (χ2n) is 13.3. The third-order valence-corrected chi connectivity index (χ3v) is 9.85. The monoisotopic (exact) mass is 625 g/mol. The number of anilines is 3. The van der Waals surface area contributed by atoms with Crippen LogP contribution in [0.1, 0.15) is 26.3 Å². The molecule has 0 unspecified atom stereocenters. The molecule has 8 aromatic rings. The van der Waals surface area contributed by atoms with Gasteiger partial charge in [-0.15, -0.1) is 11.3 Å². The third kappa shape index (κ3) is 5.55.